The summed E-state index contributed by atoms with van der Waals surface area (Å²) < 4.78 is 0. The molecule has 0 aliphatic heterocycles. The summed E-state index contributed by atoms with van der Waals surface area (Å²) in [5.41, 5.74) is 8.99. The first-order chi connectivity index (χ1) is 7.29. The number of nitrogens with zero attached hydrogens (tertiary/aromatic N) is 1. The van der Waals surface area contributed by atoms with Gasteiger partial charge < -0.3 is 5.73 Å². The number of benzene rings is 1. The third-order valence-corrected chi connectivity index (χ3v) is 2.54. The molecule has 1 fully saturated rings. The van der Waals surface area contributed by atoms with Gasteiger partial charge in [-0.25, -0.2) is 0 Å². The van der Waals surface area contributed by atoms with E-state index >= 15 is 0 Å². The van der Waals surface area contributed by atoms with Crippen LogP contribution in [0.4, 0.5) is 0 Å². The number of rotatable bonds is 3. The first kappa shape index (κ1) is 9.97. The van der Waals surface area contributed by atoms with Gasteiger partial charge in [0.25, 0.3) is 0 Å². The quantitative estimate of drug-likeness (QED) is 0.748. The van der Waals surface area contributed by atoms with Crippen LogP contribution in [0, 0.1) is 6.92 Å². The number of hydrogen-bond acceptors (Lipinski definition) is 2. The lowest BCUT2D eigenvalue weighted by atomic mass is 10.1. The van der Waals surface area contributed by atoms with Crippen molar-refractivity contribution in [3.63, 3.8) is 0 Å². The Morgan fingerprint density at radius 3 is 2.53 bits per heavy atom. The zero-order valence-corrected chi connectivity index (χ0v) is 8.98. The van der Waals surface area contributed by atoms with Crippen LogP contribution in [0.5, 0.6) is 0 Å². The van der Waals surface area contributed by atoms with Crippen LogP contribution in [0.1, 0.15) is 24.0 Å². The summed E-state index contributed by atoms with van der Waals surface area (Å²) in [6.45, 7) is 2.08. The average Bonchev–Trinajstić information content (AvgIpc) is 3.05. The normalized spacial score (nSPS) is 17.3. The van der Waals surface area contributed by atoms with Crippen LogP contribution in [-0.2, 0) is 0 Å². The number of allylic oxidation sites excluding steroid dienone is 1. The van der Waals surface area contributed by atoms with Crippen LogP contribution in [0.15, 0.2) is 35.5 Å². The molecule has 15 heavy (non-hydrogen) atoms. The number of nitrogens with two attached hydrogens (primary N) is 1. The van der Waals surface area contributed by atoms with Gasteiger partial charge in [-0.15, -0.1) is 0 Å². The molecule has 1 aliphatic rings. The second kappa shape index (κ2) is 4.30. The molecular formula is C13H16N2. The van der Waals surface area contributed by atoms with Crippen molar-refractivity contribution in [3.05, 3.63) is 41.6 Å². The van der Waals surface area contributed by atoms with Crippen LogP contribution in [-0.4, -0.2) is 12.3 Å². The fraction of sp³-hybridized carbons (Fsp3) is 0.308. The molecule has 1 aromatic carbocycles. The minimum absolute atomic E-state index is 0.547. The molecule has 0 bridgehead atoms. The van der Waals surface area contributed by atoms with E-state index < -0.39 is 0 Å². The van der Waals surface area contributed by atoms with E-state index in [-0.39, 0.29) is 0 Å². The fourth-order valence-electron chi connectivity index (χ4n) is 1.37. The van der Waals surface area contributed by atoms with Crippen LogP contribution in [0.2, 0.25) is 0 Å². The molecule has 2 nitrogen and oxygen atoms in total. The summed E-state index contributed by atoms with van der Waals surface area (Å²) in [6, 6.07) is 8.87. The largest absolute Gasteiger partial charge is 0.404 e. The smallest absolute Gasteiger partial charge is 0.0501 e. The summed E-state index contributed by atoms with van der Waals surface area (Å²) in [6.07, 6.45) is 5.96. The molecule has 0 saturated heterocycles. The topological polar surface area (TPSA) is 38.4 Å². The van der Waals surface area contributed by atoms with Gasteiger partial charge in [0.2, 0.25) is 0 Å². The van der Waals surface area contributed by atoms with E-state index in [0.717, 1.165) is 11.1 Å². The van der Waals surface area contributed by atoms with Crippen molar-refractivity contribution in [2.24, 2.45) is 10.7 Å². The Bertz CT molecular complexity index is 384. The van der Waals surface area contributed by atoms with Crippen LogP contribution >= 0.6 is 0 Å². The predicted octanol–water partition coefficient (Wildman–Crippen LogP) is 2.53. The Morgan fingerprint density at radius 2 is 2.00 bits per heavy atom. The zero-order chi connectivity index (χ0) is 10.7. The molecule has 1 saturated carbocycles. The maximum Gasteiger partial charge on any atom is 0.0501 e. The molecule has 1 aliphatic carbocycles. The van der Waals surface area contributed by atoms with Crippen LogP contribution in [0.25, 0.3) is 5.57 Å². The molecular weight excluding hydrogens is 184 g/mol. The van der Waals surface area contributed by atoms with Crippen molar-refractivity contribution >= 4 is 11.8 Å². The van der Waals surface area contributed by atoms with Gasteiger partial charge in [-0.1, -0.05) is 29.8 Å². The van der Waals surface area contributed by atoms with Gasteiger partial charge in [-0.2, -0.15) is 0 Å². The summed E-state index contributed by atoms with van der Waals surface area (Å²) >= 11 is 0. The molecule has 2 rings (SSSR count). The standard InChI is InChI=1S/C13H16N2/c1-10-2-4-11(5-3-10)12(8-14)9-15-13-6-7-13/h2-5,8-9,13H,6-7,14H2,1H3. The molecule has 0 radical (unpaired) electrons. The molecule has 1 aromatic rings. The van der Waals surface area contributed by atoms with Crippen molar-refractivity contribution in [1.82, 2.24) is 0 Å². The molecule has 2 N–H and O–H groups in total. The lowest BCUT2D eigenvalue weighted by Crippen LogP contribution is -1.92. The fourth-order valence-corrected chi connectivity index (χ4v) is 1.37. The highest BCUT2D eigenvalue weighted by Crippen LogP contribution is 2.24. The predicted molar refractivity (Wildman–Crippen MR) is 64.9 cm³/mol. The van der Waals surface area contributed by atoms with Crippen molar-refractivity contribution in [3.8, 4) is 0 Å². The van der Waals surface area contributed by atoms with Gasteiger partial charge in [0.1, 0.15) is 0 Å². The Morgan fingerprint density at radius 1 is 1.33 bits per heavy atom. The van der Waals surface area contributed by atoms with Gasteiger partial charge in [0, 0.05) is 18.0 Å². The molecule has 0 unspecified atom stereocenters. The Kier molecular flexibility index (Phi) is 2.86. The van der Waals surface area contributed by atoms with E-state index in [9.17, 15) is 0 Å². The lowest BCUT2D eigenvalue weighted by Gasteiger charge is -2.01. The summed E-state index contributed by atoms with van der Waals surface area (Å²) in [5.74, 6) is 0. The number of aryl methyl sites for hydroxylation is 1. The maximum absolute atomic E-state index is 5.60. The SMILES string of the molecule is Cc1ccc(C(C=NC2CC2)=CN)cc1. The van der Waals surface area contributed by atoms with Gasteiger partial charge in [0.05, 0.1) is 6.04 Å². The van der Waals surface area contributed by atoms with E-state index in [0.29, 0.717) is 6.04 Å². The van der Waals surface area contributed by atoms with Crippen LogP contribution < -0.4 is 5.73 Å². The average molecular weight is 200 g/mol. The van der Waals surface area contributed by atoms with E-state index in [1.165, 1.54) is 18.4 Å². The zero-order valence-electron chi connectivity index (χ0n) is 8.98. The van der Waals surface area contributed by atoms with Crippen molar-refractivity contribution in [2.45, 2.75) is 25.8 Å². The van der Waals surface area contributed by atoms with E-state index in [4.69, 9.17) is 5.73 Å². The minimum Gasteiger partial charge on any atom is -0.404 e. The third kappa shape index (κ3) is 2.69. The summed E-state index contributed by atoms with van der Waals surface area (Å²) in [5, 5.41) is 0. The summed E-state index contributed by atoms with van der Waals surface area (Å²) in [7, 11) is 0. The highest BCUT2D eigenvalue weighted by molar-refractivity contribution is 6.09. The Labute approximate surface area is 90.5 Å². The maximum atomic E-state index is 5.60. The molecule has 78 valence electrons. The first-order valence-electron chi connectivity index (χ1n) is 5.31. The van der Waals surface area contributed by atoms with Gasteiger partial charge >= 0.3 is 0 Å². The van der Waals surface area contributed by atoms with E-state index in [2.05, 4.69) is 36.2 Å². The molecule has 0 spiro atoms. The number of aliphatic imine (C=N–C) groups is 1. The molecule has 0 atom stereocenters. The van der Waals surface area contributed by atoms with E-state index in [1.54, 1.807) is 6.20 Å². The Hall–Kier alpha value is -1.57. The lowest BCUT2D eigenvalue weighted by molar-refractivity contribution is 1.08. The second-order valence-corrected chi connectivity index (χ2v) is 4.00. The Balaban J connectivity index is 2.15. The molecule has 2 heteroatoms. The third-order valence-electron chi connectivity index (χ3n) is 2.54. The minimum atomic E-state index is 0.547. The van der Waals surface area contributed by atoms with Crippen molar-refractivity contribution < 1.29 is 0 Å². The highest BCUT2D eigenvalue weighted by atomic mass is 14.8. The second-order valence-electron chi connectivity index (χ2n) is 4.00. The molecule has 0 heterocycles. The van der Waals surface area contributed by atoms with Gasteiger partial charge in [-0.05, 0) is 25.3 Å². The molecule has 0 aromatic heterocycles. The highest BCUT2D eigenvalue weighted by Gasteiger charge is 2.18. The van der Waals surface area contributed by atoms with E-state index in [1.807, 2.05) is 6.21 Å². The molecule has 0 amide bonds. The first-order valence-corrected chi connectivity index (χ1v) is 5.31. The van der Waals surface area contributed by atoms with Crippen molar-refractivity contribution in [1.29, 1.82) is 0 Å². The monoisotopic (exact) mass is 200 g/mol. The summed E-state index contributed by atoms with van der Waals surface area (Å²) in [4.78, 5) is 4.43. The van der Waals surface area contributed by atoms with Gasteiger partial charge in [0.15, 0.2) is 0 Å². The number of hydrogen-bond donors (Lipinski definition) is 1. The van der Waals surface area contributed by atoms with Gasteiger partial charge in [-0.3, -0.25) is 4.99 Å². The van der Waals surface area contributed by atoms with Crippen LogP contribution in [0.3, 0.4) is 0 Å². The van der Waals surface area contributed by atoms with Crippen molar-refractivity contribution in [2.75, 3.05) is 0 Å².